The summed E-state index contributed by atoms with van der Waals surface area (Å²) in [5.74, 6) is -0.0328. The number of benzene rings is 1. The highest BCUT2D eigenvalue weighted by Gasteiger charge is 2.07. The number of rotatable bonds is 4. The van der Waals surface area contributed by atoms with Gasteiger partial charge in [-0.2, -0.15) is 0 Å². The van der Waals surface area contributed by atoms with Gasteiger partial charge in [-0.25, -0.2) is 0 Å². The number of hydrogen-bond donors (Lipinski definition) is 2. The van der Waals surface area contributed by atoms with E-state index in [4.69, 9.17) is 4.74 Å². The molecule has 22 heavy (non-hydrogen) atoms. The molecular weight excluding hydrogens is 300 g/mol. The van der Waals surface area contributed by atoms with Gasteiger partial charge in [0.05, 0.1) is 12.0 Å². The average molecular weight is 316 g/mol. The minimum absolute atomic E-state index is 0.332. The zero-order valence-electron chi connectivity index (χ0n) is 12.3. The second-order valence-electron chi connectivity index (χ2n) is 4.46. The smallest absolute Gasteiger partial charge is 0.279 e. The first kappa shape index (κ1) is 15.8. The van der Waals surface area contributed by atoms with Crippen molar-refractivity contribution in [2.75, 3.05) is 7.11 Å². The first-order valence-electron chi connectivity index (χ1n) is 6.57. The molecule has 0 saturated heterocycles. The third kappa shape index (κ3) is 4.46. The predicted octanol–water partition coefficient (Wildman–Crippen LogP) is 2.54. The molecule has 0 fully saturated rings. The Kier molecular flexibility index (Phi) is 5.32. The zero-order valence-corrected chi connectivity index (χ0v) is 13.1. The van der Waals surface area contributed by atoms with Gasteiger partial charge in [-0.05, 0) is 42.8 Å². The number of hydrogen-bond acceptors (Lipinski definition) is 4. The van der Waals surface area contributed by atoms with E-state index in [2.05, 4.69) is 10.9 Å². The minimum atomic E-state index is -0.413. The number of carbonyl (C=O) groups excluding carboxylic acids is 2. The Balaban J connectivity index is 1.87. The third-order valence-corrected chi connectivity index (χ3v) is 3.78. The summed E-state index contributed by atoms with van der Waals surface area (Å²) in [6.07, 6.45) is 2.98. The first-order chi connectivity index (χ1) is 10.6. The summed E-state index contributed by atoms with van der Waals surface area (Å²) in [6, 6.07) is 10.9. The molecule has 0 aliphatic carbocycles. The molecule has 1 aromatic carbocycles. The molecule has 0 bridgehead atoms. The van der Waals surface area contributed by atoms with Crippen molar-refractivity contribution in [2.45, 2.75) is 6.92 Å². The van der Waals surface area contributed by atoms with E-state index in [0.29, 0.717) is 10.6 Å². The number of thiophene rings is 1. The minimum Gasteiger partial charge on any atom is -0.497 e. The highest BCUT2D eigenvalue weighted by Crippen LogP contribution is 2.14. The maximum atomic E-state index is 11.8. The Morgan fingerprint density at radius 2 is 2.00 bits per heavy atom. The molecule has 114 valence electrons. The van der Waals surface area contributed by atoms with E-state index in [1.54, 1.807) is 25.3 Å². The van der Waals surface area contributed by atoms with Crippen molar-refractivity contribution >= 4 is 29.2 Å². The average Bonchev–Trinajstić information content (AvgIpc) is 2.97. The van der Waals surface area contributed by atoms with Crippen LogP contribution in [-0.2, 0) is 4.79 Å². The maximum Gasteiger partial charge on any atom is 0.279 e. The Hall–Kier alpha value is -2.60. The van der Waals surface area contributed by atoms with Crippen LogP contribution < -0.4 is 15.6 Å². The molecule has 0 spiro atoms. The van der Waals surface area contributed by atoms with Crippen molar-refractivity contribution in [3.63, 3.8) is 0 Å². The lowest BCUT2D eigenvalue weighted by atomic mass is 10.2. The van der Waals surface area contributed by atoms with Crippen LogP contribution in [0.25, 0.3) is 6.08 Å². The van der Waals surface area contributed by atoms with Gasteiger partial charge in [0.2, 0.25) is 0 Å². The number of hydrazine groups is 1. The van der Waals surface area contributed by atoms with Crippen molar-refractivity contribution in [3.8, 4) is 5.75 Å². The lowest BCUT2D eigenvalue weighted by Crippen LogP contribution is -2.40. The molecule has 6 heteroatoms. The number of amides is 2. The van der Waals surface area contributed by atoms with Crippen LogP contribution in [-0.4, -0.2) is 18.9 Å². The topological polar surface area (TPSA) is 67.4 Å². The van der Waals surface area contributed by atoms with Crippen LogP contribution in [0.15, 0.2) is 42.5 Å². The van der Waals surface area contributed by atoms with Gasteiger partial charge in [0, 0.05) is 11.0 Å². The molecule has 0 saturated carbocycles. The van der Waals surface area contributed by atoms with E-state index in [-0.39, 0.29) is 5.91 Å². The summed E-state index contributed by atoms with van der Waals surface area (Å²) in [7, 11) is 1.58. The standard InChI is InChI=1S/C16H16N2O3S/c1-11-6-8-14(22-11)16(20)18-17-15(19)9-7-12-4-3-5-13(10-12)21-2/h3-10H,1-2H3,(H,17,19)(H,18,20). The maximum absolute atomic E-state index is 11.8. The number of aryl methyl sites for hydroxylation is 1. The fourth-order valence-corrected chi connectivity index (χ4v) is 2.46. The molecule has 2 rings (SSSR count). The predicted molar refractivity (Wildman–Crippen MR) is 86.7 cm³/mol. The normalized spacial score (nSPS) is 10.5. The SMILES string of the molecule is COc1cccc(C=CC(=O)NNC(=O)c2ccc(C)s2)c1. The largest absolute Gasteiger partial charge is 0.497 e. The van der Waals surface area contributed by atoms with Crippen LogP contribution in [0.2, 0.25) is 0 Å². The van der Waals surface area contributed by atoms with Crippen LogP contribution in [0, 0.1) is 6.92 Å². The van der Waals surface area contributed by atoms with E-state index >= 15 is 0 Å². The van der Waals surface area contributed by atoms with Gasteiger partial charge in [-0.1, -0.05) is 12.1 Å². The van der Waals surface area contributed by atoms with Gasteiger partial charge < -0.3 is 4.74 Å². The van der Waals surface area contributed by atoms with E-state index < -0.39 is 5.91 Å². The molecule has 0 atom stereocenters. The second kappa shape index (κ2) is 7.42. The summed E-state index contributed by atoms with van der Waals surface area (Å²) >= 11 is 1.37. The van der Waals surface area contributed by atoms with E-state index in [9.17, 15) is 9.59 Å². The van der Waals surface area contributed by atoms with Gasteiger partial charge in [0.25, 0.3) is 11.8 Å². The molecule has 1 aromatic heterocycles. The molecule has 0 aliphatic heterocycles. The van der Waals surface area contributed by atoms with Crippen molar-refractivity contribution < 1.29 is 14.3 Å². The van der Waals surface area contributed by atoms with Gasteiger partial charge >= 0.3 is 0 Å². The second-order valence-corrected chi connectivity index (χ2v) is 5.75. The Bertz CT molecular complexity index is 707. The molecule has 0 aliphatic rings. The lowest BCUT2D eigenvalue weighted by molar-refractivity contribution is -0.117. The van der Waals surface area contributed by atoms with Gasteiger partial charge in [-0.3, -0.25) is 20.4 Å². The molecule has 5 nitrogen and oxygen atoms in total. The Morgan fingerprint density at radius 3 is 2.68 bits per heavy atom. The van der Waals surface area contributed by atoms with Crippen molar-refractivity contribution in [3.05, 3.63) is 57.8 Å². The number of nitrogens with one attached hydrogen (secondary N) is 2. The van der Waals surface area contributed by atoms with Gasteiger partial charge in [-0.15, -0.1) is 11.3 Å². The number of ether oxygens (including phenoxy) is 1. The summed E-state index contributed by atoms with van der Waals surface area (Å²) in [5, 5.41) is 0. The summed E-state index contributed by atoms with van der Waals surface area (Å²) in [6.45, 7) is 1.91. The van der Waals surface area contributed by atoms with E-state index in [1.165, 1.54) is 17.4 Å². The van der Waals surface area contributed by atoms with E-state index in [1.807, 2.05) is 31.2 Å². The van der Waals surface area contributed by atoms with Gasteiger partial charge in [0.15, 0.2) is 0 Å². The van der Waals surface area contributed by atoms with Crippen LogP contribution >= 0.6 is 11.3 Å². The number of methoxy groups -OCH3 is 1. The fourth-order valence-electron chi connectivity index (χ4n) is 1.70. The number of carbonyl (C=O) groups is 2. The van der Waals surface area contributed by atoms with Crippen molar-refractivity contribution in [2.24, 2.45) is 0 Å². The highest BCUT2D eigenvalue weighted by molar-refractivity contribution is 7.13. The van der Waals surface area contributed by atoms with Crippen LogP contribution in [0.4, 0.5) is 0 Å². The Labute approximate surface area is 132 Å². The Morgan fingerprint density at radius 1 is 1.18 bits per heavy atom. The lowest BCUT2D eigenvalue weighted by Gasteiger charge is -2.03. The summed E-state index contributed by atoms with van der Waals surface area (Å²) in [4.78, 5) is 25.0. The molecule has 1 heterocycles. The fraction of sp³-hybridized carbons (Fsp3) is 0.125. The molecule has 0 unspecified atom stereocenters. The first-order valence-corrected chi connectivity index (χ1v) is 7.39. The van der Waals surface area contributed by atoms with Crippen LogP contribution in [0.5, 0.6) is 5.75 Å². The third-order valence-electron chi connectivity index (χ3n) is 2.78. The molecular formula is C16H16N2O3S. The zero-order chi connectivity index (χ0) is 15.9. The molecule has 2 amide bonds. The molecule has 2 N–H and O–H groups in total. The summed E-state index contributed by atoms with van der Waals surface area (Å²) in [5.41, 5.74) is 5.53. The highest BCUT2D eigenvalue weighted by atomic mass is 32.1. The van der Waals surface area contributed by atoms with Gasteiger partial charge in [0.1, 0.15) is 5.75 Å². The summed E-state index contributed by atoms with van der Waals surface area (Å²) < 4.78 is 5.10. The molecule has 2 aromatic rings. The molecule has 0 radical (unpaired) electrons. The van der Waals surface area contributed by atoms with Crippen molar-refractivity contribution in [1.29, 1.82) is 0 Å². The quantitative estimate of drug-likeness (QED) is 0.673. The van der Waals surface area contributed by atoms with Crippen molar-refractivity contribution in [1.82, 2.24) is 10.9 Å². The van der Waals surface area contributed by atoms with Crippen LogP contribution in [0.1, 0.15) is 20.1 Å². The monoisotopic (exact) mass is 316 g/mol. The van der Waals surface area contributed by atoms with E-state index in [0.717, 1.165) is 10.4 Å². The van der Waals surface area contributed by atoms with Crippen LogP contribution in [0.3, 0.4) is 0 Å².